The maximum atomic E-state index is 13.5. The van der Waals surface area contributed by atoms with Crippen LogP contribution < -0.4 is 0 Å². The Bertz CT molecular complexity index is 913. The first-order valence-electron chi connectivity index (χ1n) is 11.9. The fourth-order valence-electron chi connectivity index (χ4n) is 3.21. The average Bonchev–Trinajstić information content (AvgIpc) is 3.27. The second-order valence-corrected chi connectivity index (χ2v) is 8.16. The topological polar surface area (TPSA) is 30.7 Å². The molecule has 1 unspecified atom stereocenters. The quantitative estimate of drug-likeness (QED) is 0.355. The summed E-state index contributed by atoms with van der Waals surface area (Å²) >= 11 is 0. The summed E-state index contributed by atoms with van der Waals surface area (Å²) in [7, 11) is 0. The van der Waals surface area contributed by atoms with E-state index in [1.165, 1.54) is 30.2 Å². The molecule has 2 aromatic carbocycles. The van der Waals surface area contributed by atoms with E-state index < -0.39 is 11.6 Å². The third-order valence-corrected chi connectivity index (χ3v) is 5.09. The van der Waals surface area contributed by atoms with Gasteiger partial charge in [-0.3, -0.25) is 4.68 Å². The number of aromatic nitrogens is 3. The maximum Gasteiger partial charge on any atom is 0.161 e. The van der Waals surface area contributed by atoms with Crippen molar-refractivity contribution in [3.63, 3.8) is 0 Å². The van der Waals surface area contributed by atoms with Crippen molar-refractivity contribution in [2.24, 2.45) is 5.92 Å². The van der Waals surface area contributed by atoms with Crippen molar-refractivity contribution in [3.05, 3.63) is 71.2 Å². The molecule has 0 amide bonds. The lowest BCUT2D eigenvalue weighted by Gasteiger charge is -2.12. The Morgan fingerprint density at radius 2 is 1.58 bits per heavy atom. The first-order chi connectivity index (χ1) is 15.8. The zero-order valence-corrected chi connectivity index (χ0v) is 20.8. The van der Waals surface area contributed by atoms with Crippen molar-refractivity contribution in [1.82, 2.24) is 15.0 Å². The molecule has 33 heavy (non-hydrogen) atoms. The molecule has 1 aromatic heterocycles. The van der Waals surface area contributed by atoms with Gasteiger partial charge in [0.15, 0.2) is 11.6 Å². The standard InChI is InChI=1S/C16H21F2N3.C8H9F.C3H8/c1-4-6-12(5-2)9-21-10-15(19-20-21)13-7-11(3)16(18)14(17)8-13;1-2-7-3-5-8(9)6-4-7;1-3-2/h7-8,10,12H,4-6,9H2,1-3H3;3-6H,2H2,1H3;3H2,1-2H3. The van der Waals surface area contributed by atoms with Crippen LogP contribution in [-0.4, -0.2) is 15.0 Å². The second kappa shape index (κ2) is 15.3. The zero-order chi connectivity index (χ0) is 24.8. The van der Waals surface area contributed by atoms with Crippen molar-refractivity contribution >= 4 is 0 Å². The molecule has 1 atom stereocenters. The average molecular weight is 462 g/mol. The molecule has 3 rings (SSSR count). The largest absolute Gasteiger partial charge is 0.252 e. The molecule has 0 saturated heterocycles. The van der Waals surface area contributed by atoms with E-state index in [1.54, 1.807) is 36.0 Å². The highest BCUT2D eigenvalue weighted by Crippen LogP contribution is 2.23. The number of rotatable bonds is 7. The number of halogens is 3. The van der Waals surface area contributed by atoms with Crippen LogP contribution in [0.25, 0.3) is 11.3 Å². The number of hydrogen-bond donors (Lipinski definition) is 0. The molecule has 182 valence electrons. The van der Waals surface area contributed by atoms with E-state index >= 15 is 0 Å². The predicted octanol–water partition coefficient (Wildman–Crippen LogP) is 8.16. The summed E-state index contributed by atoms with van der Waals surface area (Å²) in [6.07, 6.45) is 7.40. The second-order valence-electron chi connectivity index (χ2n) is 8.16. The Kier molecular flexibility index (Phi) is 13.1. The highest BCUT2D eigenvalue weighted by molar-refractivity contribution is 5.59. The van der Waals surface area contributed by atoms with Gasteiger partial charge in [-0.15, -0.1) is 5.10 Å². The van der Waals surface area contributed by atoms with Crippen molar-refractivity contribution < 1.29 is 13.2 Å². The molecule has 1 heterocycles. The molecule has 0 spiro atoms. The van der Waals surface area contributed by atoms with Crippen LogP contribution in [0.4, 0.5) is 13.2 Å². The molecule has 3 nitrogen and oxygen atoms in total. The van der Waals surface area contributed by atoms with Crippen LogP contribution in [0.2, 0.25) is 0 Å². The molecular weight excluding hydrogens is 423 g/mol. The van der Waals surface area contributed by atoms with Gasteiger partial charge in [0.05, 0.1) is 6.20 Å². The minimum Gasteiger partial charge on any atom is -0.252 e. The van der Waals surface area contributed by atoms with Gasteiger partial charge in [-0.25, -0.2) is 13.2 Å². The van der Waals surface area contributed by atoms with Crippen LogP contribution in [-0.2, 0) is 13.0 Å². The summed E-state index contributed by atoms with van der Waals surface area (Å²) in [4.78, 5) is 0. The molecule has 0 aliphatic heterocycles. The lowest BCUT2D eigenvalue weighted by Crippen LogP contribution is -2.10. The van der Waals surface area contributed by atoms with Crippen LogP contribution >= 0.6 is 0 Å². The first kappa shape index (κ1) is 28.4. The van der Waals surface area contributed by atoms with E-state index in [0.29, 0.717) is 17.2 Å². The summed E-state index contributed by atoms with van der Waals surface area (Å²) < 4.78 is 40.8. The maximum absolute atomic E-state index is 13.5. The summed E-state index contributed by atoms with van der Waals surface area (Å²) in [5.41, 5.74) is 2.58. The van der Waals surface area contributed by atoms with E-state index in [0.717, 1.165) is 32.2 Å². The van der Waals surface area contributed by atoms with E-state index in [1.807, 2.05) is 6.92 Å². The van der Waals surface area contributed by atoms with Crippen molar-refractivity contribution in [3.8, 4) is 11.3 Å². The third kappa shape index (κ3) is 9.80. The molecule has 0 aliphatic carbocycles. The van der Waals surface area contributed by atoms with Crippen LogP contribution in [0.15, 0.2) is 42.6 Å². The molecule has 6 heteroatoms. The Morgan fingerprint density at radius 1 is 0.939 bits per heavy atom. The molecule has 0 N–H and O–H groups in total. The van der Waals surface area contributed by atoms with Crippen LogP contribution in [0.5, 0.6) is 0 Å². The Hall–Kier alpha value is -2.63. The van der Waals surface area contributed by atoms with Gasteiger partial charge in [-0.2, -0.15) is 0 Å². The van der Waals surface area contributed by atoms with Gasteiger partial charge in [-0.05, 0) is 61.1 Å². The molecule has 0 fully saturated rings. The third-order valence-electron chi connectivity index (χ3n) is 5.09. The summed E-state index contributed by atoms with van der Waals surface area (Å²) in [6.45, 7) is 13.0. The fraction of sp³-hybridized carbons (Fsp3) is 0.481. The first-order valence-corrected chi connectivity index (χ1v) is 11.9. The SMILES string of the molecule is CCC.CCCC(CC)Cn1cc(-c2cc(C)c(F)c(F)c2)nn1.CCc1ccc(F)cc1. The van der Waals surface area contributed by atoms with Gasteiger partial charge in [0.25, 0.3) is 0 Å². The van der Waals surface area contributed by atoms with Gasteiger partial charge in [0, 0.05) is 12.1 Å². The van der Waals surface area contributed by atoms with Gasteiger partial charge in [-0.1, -0.05) is 71.2 Å². The number of hydrogen-bond acceptors (Lipinski definition) is 2. The predicted molar refractivity (Wildman–Crippen MR) is 131 cm³/mol. The number of benzene rings is 2. The smallest absolute Gasteiger partial charge is 0.161 e. The lowest BCUT2D eigenvalue weighted by atomic mass is 10.0. The van der Waals surface area contributed by atoms with Crippen molar-refractivity contribution in [2.75, 3.05) is 0 Å². The molecule has 3 aromatic rings. The van der Waals surface area contributed by atoms with E-state index in [4.69, 9.17) is 0 Å². The van der Waals surface area contributed by atoms with E-state index in [-0.39, 0.29) is 11.4 Å². The van der Waals surface area contributed by atoms with Gasteiger partial charge < -0.3 is 0 Å². The normalized spacial score (nSPS) is 11.2. The highest BCUT2D eigenvalue weighted by atomic mass is 19.2. The zero-order valence-electron chi connectivity index (χ0n) is 20.8. The summed E-state index contributed by atoms with van der Waals surface area (Å²) in [6, 6.07) is 9.33. The minimum atomic E-state index is -0.850. The lowest BCUT2D eigenvalue weighted by molar-refractivity contribution is 0.374. The van der Waals surface area contributed by atoms with Crippen LogP contribution in [0.3, 0.4) is 0 Å². The molecule has 0 aliphatic rings. The number of aryl methyl sites for hydroxylation is 2. The Morgan fingerprint density at radius 3 is 2.09 bits per heavy atom. The van der Waals surface area contributed by atoms with Gasteiger partial charge in [0.2, 0.25) is 0 Å². The van der Waals surface area contributed by atoms with Crippen molar-refractivity contribution in [1.29, 1.82) is 0 Å². The highest BCUT2D eigenvalue weighted by Gasteiger charge is 2.13. The molecular formula is C27H38F3N3. The van der Waals surface area contributed by atoms with Crippen LogP contribution in [0.1, 0.15) is 71.4 Å². The molecule has 0 saturated carbocycles. The van der Waals surface area contributed by atoms with E-state index in [9.17, 15) is 13.2 Å². The van der Waals surface area contributed by atoms with Gasteiger partial charge >= 0.3 is 0 Å². The van der Waals surface area contributed by atoms with Crippen LogP contribution in [0, 0.1) is 30.3 Å². The minimum absolute atomic E-state index is 0.160. The Balaban J connectivity index is 0.000000375. The van der Waals surface area contributed by atoms with Gasteiger partial charge in [0.1, 0.15) is 11.5 Å². The monoisotopic (exact) mass is 461 g/mol. The Labute approximate surface area is 197 Å². The number of nitrogens with zero attached hydrogens (tertiary/aromatic N) is 3. The summed E-state index contributed by atoms with van der Waals surface area (Å²) in [5, 5.41) is 8.16. The molecule has 0 radical (unpaired) electrons. The van der Waals surface area contributed by atoms with Crippen molar-refractivity contribution in [2.45, 2.75) is 80.2 Å². The summed E-state index contributed by atoms with van der Waals surface area (Å²) in [5.74, 6) is -1.25. The fourth-order valence-corrected chi connectivity index (χ4v) is 3.21. The molecule has 0 bridgehead atoms. The van der Waals surface area contributed by atoms with E-state index in [2.05, 4.69) is 38.0 Å².